The molecule has 2 unspecified atom stereocenters. The summed E-state index contributed by atoms with van der Waals surface area (Å²) in [5.74, 6) is -1.32. The highest BCUT2D eigenvalue weighted by Crippen LogP contribution is 2.36. The minimum atomic E-state index is -4.58. The van der Waals surface area contributed by atoms with Crippen LogP contribution in [0.15, 0.2) is 24.4 Å². The minimum Gasteiger partial charge on any atom is -0.370 e. The fourth-order valence-electron chi connectivity index (χ4n) is 5.08. The molecule has 2 aliphatic rings. The van der Waals surface area contributed by atoms with Gasteiger partial charge in [0.25, 0.3) is 0 Å². The molecule has 1 amide bonds. The van der Waals surface area contributed by atoms with Gasteiger partial charge < -0.3 is 14.4 Å². The Morgan fingerprint density at radius 2 is 2.03 bits per heavy atom. The van der Waals surface area contributed by atoms with Crippen molar-refractivity contribution in [2.45, 2.75) is 32.6 Å². The van der Waals surface area contributed by atoms with Gasteiger partial charge in [-0.2, -0.15) is 18.4 Å². The van der Waals surface area contributed by atoms with Gasteiger partial charge in [0.2, 0.25) is 11.7 Å². The summed E-state index contributed by atoms with van der Waals surface area (Å²) in [5.41, 5.74) is 1.92. The van der Waals surface area contributed by atoms with E-state index in [1.807, 2.05) is 6.92 Å². The van der Waals surface area contributed by atoms with Gasteiger partial charge in [0.15, 0.2) is 5.82 Å². The lowest BCUT2D eigenvalue weighted by atomic mass is 9.85. The number of nitriles is 1. The van der Waals surface area contributed by atoms with E-state index in [0.29, 0.717) is 30.1 Å². The molecule has 8 nitrogen and oxygen atoms in total. The summed E-state index contributed by atoms with van der Waals surface area (Å²) in [4.78, 5) is 21.4. The summed E-state index contributed by atoms with van der Waals surface area (Å²) < 4.78 is 40.4. The molecule has 2 atom stereocenters. The predicted octanol–water partition coefficient (Wildman–Crippen LogP) is 3.87. The minimum absolute atomic E-state index is 0.000912. The number of hydrogen-bond acceptors (Lipinski definition) is 6. The summed E-state index contributed by atoms with van der Waals surface area (Å²) in [5, 5.41) is 18.0. The van der Waals surface area contributed by atoms with Crippen LogP contribution in [0.1, 0.15) is 30.6 Å². The van der Waals surface area contributed by atoms with Gasteiger partial charge in [0.1, 0.15) is 6.07 Å². The molecule has 1 fully saturated rings. The first-order chi connectivity index (χ1) is 16.7. The molecule has 35 heavy (non-hydrogen) atoms. The average molecular weight is 504 g/mol. The second-order valence-corrected chi connectivity index (χ2v) is 9.40. The van der Waals surface area contributed by atoms with Gasteiger partial charge in [-0.3, -0.25) is 9.78 Å². The monoisotopic (exact) mass is 503 g/mol. The Morgan fingerprint density at radius 3 is 2.74 bits per heavy atom. The van der Waals surface area contributed by atoms with Gasteiger partial charge in [-0.05, 0) is 30.5 Å². The van der Waals surface area contributed by atoms with Gasteiger partial charge in [-0.1, -0.05) is 18.5 Å². The molecule has 0 aliphatic carbocycles. The topological polar surface area (TPSA) is 90.9 Å². The van der Waals surface area contributed by atoms with E-state index in [-0.39, 0.29) is 43.2 Å². The number of piperidine rings is 1. The van der Waals surface area contributed by atoms with Crippen molar-refractivity contribution in [3.63, 3.8) is 0 Å². The number of hydrogen-bond donors (Lipinski definition) is 0. The Balaban J connectivity index is 1.34. The van der Waals surface area contributed by atoms with Crippen LogP contribution in [-0.2, 0) is 24.1 Å². The number of halogens is 4. The van der Waals surface area contributed by atoms with Crippen LogP contribution < -0.4 is 4.90 Å². The SMILES string of the molecule is CC1CN(c2c(C#N)cnc3ccc(Cl)cc23)CCC1C(=O)N1CCn2c(nnc2C(F)(F)F)C1. The Labute approximate surface area is 203 Å². The van der Waals surface area contributed by atoms with Gasteiger partial charge in [0.05, 0.1) is 23.3 Å². The van der Waals surface area contributed by atoms with Crippen molar-refractivity contribution < 1.29 is 18.0 Å². The van der Waals surface area contributed by atoms with Gasteiger partial charge in [0, 0.05) is 48.7 Å². The predicted molar refractivity (Wildman–Crippen MR) is 121 cm³/mol. The van der Waals surface area contributed by atoms with Gasteiger partial charge in [-0.15, -0.1) is 10.2 Å². The lowest BCUT2D eigenvalue weighted by molar-refractivity contribution is -0.148. The summed E-state index contributed by atoms with van der Waals surface area (Å²) in [6.45, 7) is 3.24. The molecule has 0 radical (unpaired) electrons. The van der Waals surface area contributed by atoms with E-state index >= 15 is 0 Å². The molecule has 0 spiro atoms. The number of alkyl halides is 3. The summed E-state index contributed by atoms with van der Waals surface area (Å²) in [6.07, 6.45) is -2.48. The Bertz CT molecular complexity index is 1350. The smallest absolute Gasteiger partial charge is 0.370 e. The highest BCUT2D eigenvalue weighted by Gasteiger charge is 2.41. The lowest BCUT2D eigenvalue weighted by Gasteiger charge is -2.40. The highest BCUT2D eigenvalue weighted by atomic mass is 35.5. The molecule has 12 heteroatoms. The second kappa shape index (κ2) is 8.68. The number of aromatic nitrogens is 4. The first-order valence-electron chi connectivity index (χ1n) is 11.2. The number of anilines is 1. The Morgan fingerprint density at radius 1 is 1.23 bits per heavy atom. The van der Waals surface area contributed by atoms with Crippen LogP contribution >= 0.6 is 11.6 Å². The van der Waals surface area contributed by atoms with Gasteiger partial charge >= 0.3 is 6.18 Å². The number of pyridine rings is 1. The number of carbonyl (C=O) groups is 1. The zero-order chi connectivity index (χ0) is 24.9. The molecule has 1 aromatic carbocycles. The lowest BCUT2D eigenvalue weighted by Crippen LogP contribution is -2.49. The molecule has 0 N–H and O–H groups in total. The van der Waals surface area contributed by atoms with E-state index in [1.54, 1.807) is 29.3 Å². The fraction of sp³-hybridized carbons (Fsp3) is 0.435. The van der Waals surface area contributed by atoms with E-state index in [1.165, 1.54) is 0 Å². The van der Waals surface area contributed by atoms with Crippen LogP contribution in [0.2, 0.25) is 5.02 Å². The third-order valence-electron chi connectivity index (χ3n) is 6.78. The van der Waals surface area contributed by atoms with Crippen LogP contribution in [0, 0.1) is 23.2 Å². The Kier molecular flexibility index (Phi) is 5.79. The zero-order valence-electron chi connectivity index (χ0n) is 18.8. The maximum Gasteiger partial charge on any atom is 0.451 e. The maximum absolute atomic E-state index is 13.3. The number of benzene rings is 1. The van der Waals surface area contributed by atoms with Crippen molar-refractivity contribution in [3.8, 4) is 6.07 Å². The third-order valence-corrected chi connectivity index (χ3v) is 7.01. The molecule has 0 saturated carbocycles. The van der Waals surface area contributed by atoms with E-state index in [9.17, 15) is 23.2 Å². The molecular formula is C23H21ClF3N7O. The van der Waals surface area contributed by atoms with Crippen molar-refractivity contribution in [1.29, 1.82) is 5.26 Å². The Hall–Kier alpha value is -3.39. The molecule has 182 valence electrons. The van der Waals surface area contributed by atoms with Crippen LogP contribution in [-0.4, -0.2) is 50.2 Å². The fourth-order valence-corrected chi connectivity index (χ4v) is 5.25. The van der Waals surface area contributed by atoms with Crippen LogP contribution in [0.5, 0.6) is 0 Å². The number of rotatable bonds is 2. The molecule has 2 aliphatic heterocycles. The number of fused-ring (bicyclic) bond motifs is 2. The molecular weight excluding hydrogens is 483 g/mol. The number of amides is 1. The van der Waals surface area contributed by atoms with E-state index < -0.39 is 12.0 Å². The second-order valence-electron chi connectivity index (χ2n) is 8.96. The molecule has 4 heterocycles. The van der Waals surface area contributed by atoms with Crippen molar-refractivity contribution in [1.82, 2.24) is 24.6 Å². The number of nitrogens with zero attached hydrogens (tertiary/aromatic N) is 7. The maximum atomic E-state index is 13.3. The standard InChI is InChI=1S/C23H21ClF3N7O/c1-13-11-32(20-14(9-28)10-29-18-3-2-15(24)8-17(18)20)5-4-16(13)21(35)33-6-7-34-19(12-33)30-31-22(34)23(25,26)27/h2-3,8,10,13,16H,4-7,11-12H2,1H3. The van der Waals surface area contributed by atoms with E-state index in [0.717, 1.165) is 21.2 Å². The molecule has 2 aromatic heterocycles. The van der Waals surface area contributed by atoms with Crippen LogP contribution in [0.4, 0.5) is 18.9 Å². The largest absolute Gasteiger partial charge is 0.451 e. The average Bonchev–Trinajstić information content (AvgIpc) is 3.26. The summed E-state index contributed by atoms with van der Waals surface area (Å²) >= 11 is 6.21. The molecule has 5 rings (SSSR count). The quantitative estimate of drug-likeness (QED) is 0.527. The van der Waals surface area contributed by atoms with Crippen molar-refractivity contribution in [3.05, 3.63) is 46.6 Å². The highest BCUT2D eigenvalue weighted by molar-refractivity contribution is 6.31. The van der Waals surface area contributed by atoms with Crippen molar-refractivity contribution in [2.24, 2.45) is 11.8 Å². The third kappa shape index (κ3) is 4.16. The zero-order valence-corrected chi connectivity index (χ0v) is 19.5. The summed E-state index contributed by atoms with van der Waals surface area (Å²) in [7, 11) is 0. The van der Waals surface area contributed by atoms with E-state index in [4.69, 9.17) is 11.6 Å². The van der Waals surface area contributed by atoms with Crippen molar-refractivity contribution in [2.75, 3.05) is 24.5 Å². The van der Waals surface area contributed by atoms with Crippen LogP contribution in [0.25, 0.3) is 10.9 Å². The first-order valence-corrected chi connectivity index (χ1v) is 11.6. The molecule has 0 bridgehead atoms. The van der Waals surface area contributed by atoms with E-state index in [2.05, 4.69) is 26.2 Å². The summed E-state index contributed by atoms with van der Waals surface area (Å²) in [6, 6.07) is 7.56. The first kappa shape index (κ1) is 23.4. The van der Waals surface area contributed by atoms with Gasteiger partial charge in [-0.25, -0.2) is 0 Å². The van der Waals surface area contributed by atoms with Crippen LogP contribution in [0.3, 0.4) is 0 Å². The normalized spacial score (nSPS) is 20.6. The molecule has 1 saturated heterocycles. The number of carbonyl (C=O) groups excluding carboxylic acids is 1. The molecule has 3 aromatic rings. The van der Waals surface area contributed by atoms with Crippen molar-refractivity contribution >= 4 is 34.1 Å².